The number of aliphatic hydroxyl groups is 1. The summed E-state index contributed by atoms with van der Waals surface area (Å²) in [5.41, 5.74) is 0. The van der Waals surface area contributed by atoms with Crippen LogP contribution in [0.3, 0.4) is 0 Å². The Bertz CT molecular complexity index is 1900. The van der Waals surface area contributed by atoms with Gasteiger partial charge in [-0.3, -0.25) is 37.3 Å². The lowest BCUT2D eigenvalue weighted by molar-refractivity contribution is -0.161. The summed E-state index contributed by atoms with van der Waals surface area (Å²) in [7, 11) is -9.91. The van der Waals surface area contributed by atoms with Crippen molar-refractivity contribution in [2.45, 2.75) is 414 Å². The molecule has 0 bridgehead atoms. The van der Waals surface area contributed by atoms with Gasteiger partial charge in [0.25, 0.3) is 0 Å². The number of unbranched alkanes of at least 4 members (excludes halogenated alkanes) is 41. The second kappa shape index (κ2) is 67.2. The Morgan fingerprint density at radius 3 is 0.639 bits per heavy atom. The van der Waals surface area contributed by atoms with Gasteiger partial charge in [0, 0.05) is 25.7 Å². The molecule has 3 unspecified atom stereocenters. The summed E-state index contributed by atoms with van der Waals surface area (Å²) in [6.07, 6.45) is 53.2. The van der Waals surface area contributed by atoms with Crippen molar-refractivity contribution in [1.29, 1.82) is 0 Å². The topological polar surface area (TPSA) is 237 Å². The molecule has 0 aliphatic heterocycles. The first kappa shape index (κ1) is 95.1. The standard InChI is InChI=1S/C78H152O17P2/c1-68(2)54-46-38-30-25-21-17-13-11-9-10-12-14-19-23-27-33-42-50-58-75(80)88-64-73(95-78(83)61-53-45-35-29-32-40-48-56-70(5)6)66-92-96(84,85)90-62-72(79)63-91-97(86,87)93-67-74(65-89-76(81)59-51-43-37-36-41-49-57-71(7)8)94-77(82)60-52-44-34-28-24-20-16-15-18-22-26-31-39-47-55-69(3)4/h68-74,79H,9-67H2,1-8H3,(H,84,85)(H,86,87)/t72?,73-,74-/m1/s1. The second-order valence-electron chi connectivity index (χ2n) is 30.0. The van der Waals surface area contributed by atoms with Gasteiger partial charge in [0.15, 0.2) is 12.2 Å². The van der Waals surface area contributed by atoms with Gasteiger partial charge >= 0.3 is 39.5 Å². The maximum atomic E-state index is 13.1. The molecule has 0 amide bonds. The molecule has 0 saturated heterocycles. The van der Waals surface area contributed by atoms with Gasteiger partial charge in [0.05, 0.1) is 26.4 Å². The lowest BCUT2D eigenvalue weighted by atomic mass is 10.0. The van der Waals surface area contributed by atoms with Gasteiger partial charge < -0.3 is 33.8 Å². The average Bonchev–Trinajstić information content (AvgIpc) is 1.26. The predicted octanol–water partition coefficient (Wildman–Crippen LogP) is 22.8. The summed E-state index contributed by atoms with van der Waals surface area (Å²) in [4.78, 5) is 72.8. The van der Waals surface area contributed by atoms with E-state index in [1.54, 1.807) is 0 Å². The molecule has 17 nitrogen and oxygen atoms in total. The van der Waals surface area contributed by atoms with E-state index in [2.05, 4.69) is 55.4 Å². The van der Waals surface area contributed by atoms with Crippen molar-refractivity contribution in [2.24, 2.45) is 23.7 Å². The van der Waals surface area contributed by atoms with Crippen molar-refractivity contribution in [3.8, 4) is 0 Å². The fraction of sp³-hybridized carbons (Fsp3) is 0.949. The number of carbonyl (C=O) groups excluding carboxylic acids is 4. The van der Waals surface area contributed by atoms with Crippen molar-refractivity contribution >= 4 is 39.5 Å². The Hall–Kier alpha value is -1.94. The van der Waals surface area contributed by atoms with Crippen molar-refractivity contribution < 1.29 is 80.2 Å². The molecule has 0 radical (unpaired) electrons. The van der Waals surface area contributed by atoms with E-state index >= 15 is 0 Å². The maximum Gasteiger partial charge on any atom is 0.472 e. The molecule has 0 aromatic heterocycles. The molecule has 5 atom stereocenters. The van der Waals surface area contributed by atoms with Crippen LogP contribution in [0.4, 0.5) is 0 Å². The minimum absolute atomic E-state index is 0.104. The van der Waals surface area contributed by atoms with E-state index in [4.69, 9.17) is 37.0 Å². The monoisotopic (exact) mass is 1420 g/mol. The lowest BCUT2D eigenvalue weighted by Gasteiger charge is -2.21. The van der Waals surface area contributed by atoms with Crippen molar-refractivity contribution in [1.82, 2.24) is 0 Å². The molecule has 0 aromatic rings. The van der Waals surface area contributed by atoms with Gasteiger partial charge in [-0.2, -0.15) is 0 Å². The van der Waals surface area contributed by atoms with Gasteiger partial charge in [-0.25, -0.2) is 9.13 Å². The van der Waals surface area contributed by atoms with E-state index in [-0.39, 0.29) is 25.7 Å². The smallest absolute Gasteiger partial charge is 0.462 e. The summed E-state index contributed by atoms with van der Waals surface area (Å²) in [6, 6.07) is 0. The van der Waals surface area contributed by atoms with E-state index in [0.717, 1.165) is 108 Å². The molecular formula is C78H152O17P2. The molecule has 0 aromatic carbocycles. The molecule has 3 N–H and O–H groups in total. The lowest BCUT2D eigenvalue weighted by Crippen LogP contribution is -2.30. The van der Waals surface area contributed by atoms with Crippen LogP contribution in [0.5, 0.6) is 0 Å². The molecule has 0 saturated carbocycles. The van der Waals surface area contributed by atoms with E-state index in [1.165, 1.54) is 193 Å². The van der Waals surface area contributed by atoms with Gasteiger partial charge in [0.1, 0.15) is 19.3 Å². The Morgan fingerprint density at radius 1 is 0.258 bits per heavy atom. The van der Waals surface area contributed by atoms with Crippen molar-refractivity contribution in [3.05, 3.63) is 0 Å². The summed E-state index contributed by atoms with van der Waals surface area (Å²) in [5.74, 6) is 0.870. The molecule has 97 heavy (non-hydrogen) atoms. The number of phosphoric acid groups is 2. The van der Waals surface area contributed by atoms with E-state index in [9.17, 15) is 43.2 Å². The first-order chi connectivity index (χ1) is 46.6. The third-order valence-electron chi connectivity index (χ3n) is 18.1. The number of hydrogen-bond acceptors (Lipinski definition) is 15. The van der Waals surface area contributed by atoms with Crippen molar-refractivity contribution in [2.75, 3.05) is 39.6 Å². The third-order valence-corrected chi connectivity index (χ3v) is 20.0. The van der Waals surface area contributed by atoms with Crippen LogP contribution in [-0.2, 0) is 65.4 Å². The van der Waals surface area contributed by atoms with Crippen LogP contribution in [0.1, 0.15) is 396 Å². The average molecular weight is 1420 g/mol. The minimum Gasteiger partial charge on any atom is -0.462 e. The molecule has 0 fully saturated rings. The number of hydrogen-bond donors (Lipinski definition) is 3. The van der Waals surface area contributed by atoms with Crippen LogP contribution in [-0.4, -0.2) is 96.7 Å². The van der Waals surface area contributed by atoms with E-state index in [1.807, 2.05) is 0 Å². The number of carbonyl (C=O) groups is 4. The van der Waals surface area contributed by atoms with Gasteiger partial charge in [-0.1, -0.05) is 344 Å². The molecule has 19 heteroatoms. The van der Waals surface area contributed by atoms with Gasteiger partial charge in [-0.15, -0.1) is 0 Å². The predicted molar refractivity (Wildman–Crippen MR) is 395 cm³/mol. The summed E-state index contributed by atoms with van der Waals surface area (Å²) in [5, 5.41) is 10.6. The molecule has 576 valence electrons. The SMILES string of the molecule is CC(C)CCCCCCCCCCCCCCCCCCCCC(=O)OC[C@H](COP(=O)(O)OCC(O)COP(=O)(O)OC[C@@H](COC(=O)CCCCCCCCC(C)C)OC(=O)CCCCCCCCCCCCCCCCC(C)C)OC(=O)CCCCCCCCCC(C)C. The largest absolute Gasteiger partial charge is 0.472 e. The molecular weight excluding hydrogens is 1270 g/mol. The number of phosphoric ester groups is 2. The second-order valence-corrected chi connectivity index (χ2v) is 32.9. The third kappa shape index (κ3) is 72.2. The highest BCUT2D eigenvalue weighted by Gasteiger charge is 2.30. The summed E-state index contributed by atoms with van der Waals surface area (Å²) in [6.45, 7) is 14.1. The fourth-order valence-electron chi connectivity index (χ4n) is 11.9. The van der Waals surface area contributed by atoms with Crippen LogP contribution in [0, 0.1) is 23.7 Å². The highest BCUT2D eigenvalue weighted by atomic mass is 31.2. The molecule has 0 aliphatic rings. The zero-order valence-corrected chi connectivity index (χ0v) is 65.5. The van der Waals surface area contributed by atoms with Crippen LogP contribution in [0.15, 0.2) is 0 Å². The first-order valence-corrected chi connectivity index (χ1v) is 43.2. The highest BCUT2D eigenvalue weighted by Crippen LogP contribution is 2.45. The summed E-state index contributed by atoms with van der Waals surface area (Å²) < 4.78 is 68.5. The Balaban J connectivity index is 5.12. The summed E-state index contributed by atoms with van der Waals surface area (Å²) >= 11 is 0. The molecule has 0 aliphatic carbocycles. The Labute approximate surface area is 594 Å². The van der Waals surface area contributed by atoms with E-state index in [0.29, 0.717) is 37.5 Å². The fourth-order valence-corrected chi connectivity index (χ4v) is 13.5. The van der Waals surface area contributed by atoms with Crippen LogP contribution >= 0.6 is 15.6 Å². The van der Waals surface area contributed by atoms with Crippen LogP contribution in [0.2, 0.25) is 0 Å². The molecule has 0 spiro atoms. The number of esters is 4. The number of aliphatic hydroxyl groups excluding tert-OH is 1. The molecule has 0 rings (SSSR count). The quantitative estimate of drug-likeness (QED) is 0.0222. The normalized spacial score (nSPS) is 14.1. The molecule has 0 heterocycles. The zero-order chi connectivity index (χ0) is 71.7. The Kier molecular flexibility index (Phi) is 65.9. The van der Waals surface area contributed by atoms with E-state index < -0.39 is 97.5 Å². The highest BCUT2D eigenvalue weighted by molar-refractivity contribution is 7.47. The van der Waals surface area contributed by atoms with Gasteiger partial charge in [0.2, 0.25) is 0 Å². The number of rotatable bonds is 75. The van der Waals surface area contributed by atoms with Gasteiger partial charge in [-0.05, 0) is 49.4 Å². The number of ether oxygens (including phenoxy) is 4. The zero-order valence-electron chi connectivity index (χ0n) is 63.7. The van der Waals surface area contributed by atoms with Crippen LogP contribution < -0.4 is 0 Å². The maximum absolute atomic E-state index is 13.1. The first-order valence-electron chi connectivity index (χ1n) is 40.2. The minimum atomic E-state index is -4.96. The van der Waals surface area contributed by atoms with Crippen molar-refractivity contribution in [3.63, 3.8) is 0 Å². The Morgan fingerprint density at radius 2 is 0.433 bits per heavy atom. The van der Waals surface area contributed by atoms with Crippen LogP contribution in [0.25, 0.3) is 0 Å².